The Morgan fingerprint density at radius 3 is 1.82 bits per heavy atom. The Hall–Kier alpha value is -0.250. The minimum Gasteiger partial charge on any atom is -0.385 e. The van der Waals surface area contributed by atoms with Gasteiger partial charge in [-0.25, -0.2) is 0 Å². The van der Waals surface area contributed by atoms with Crippen LogP contribution in [0.25, 0.3) is 0 Å². The van der Waals surface area contributed by atoms with Crippen LogP contribution in [0.3, 0.4) is 0 Å². The minimum atomic E-state index is 0.778. The molecule has 1 saturated carbocycles. The molecule has 1 N–H and O–H groups in total. The smallest absolute Gasteiger partial charge is 0.0386 e. The highest BCUT2D eigenvalue weighted by Gasteiger charge is 2.17. The summed E-state index contributed by atoms with van der Waals surface area (Å²) in [6, 6.07) is 5.12. The van der Waals surface area contributed by atoms with Crippen LogP contribution in [-0.4, -0.2) is 6.54 Å². The van der Waals surface area contributed by atoms with Crippen molar-refractivity contribution < 1.29 is 0 Å². The van der Waals surface area contributed by atoms with Crippen molar-refractivity contribution >= 4 is 28.3 Å². The van der Waals surface area contributed by atoms with E-state index in [1.54, 1.807) is 11.1 Å². The minimum absolute atomic E-state index is 0.778. The van der Waals surface area contributed by atoms with Gasteiger partial charge >= 0.3 is 0 Å². The molecule has 0 amide bonds. The van der Waals surface area contributed by atoms with E-state index in [-0.39, 0.29) is 0 Å². The number of hydrogen-bond acceptors (Lipinski definition) is 1. The maximum Gasteiger partial charge on any atom is 0.0386 e. The van der Waals surface area contributed by atoms with Crippen molar-refractivity contribution in [3.8, 4) is 0 Å². The van der Waals surface area contributed by atoms with Crippen molar-refractivity contribution in [2.24, 2.45) is 0 Å². The Kier molecular flexibility index (Phi) is 10.5. The zero-order valence-electron chi connectivity index (χ0n) is 18.0. The summed E-state index contributed by atoms with van der Waals surface area (Å²) in [5.41, 5.74) is 4.69. The van der Waals surface area contributed by atoms with Gasteiger partial charge in [0.15, 0.2) is 0 Å². The van der Waals surface area contributed by atoms with Crippen LogP contribution in [0.4, 0.5) is 5.69 Å². The molecule has 0 spiro atoms. The SMILES string of the molecule is Ic1cc(C2CCCCCCCCCC2)cc2c1CCCCCCCCCN2. The van der Waals surface area contributed by atoms with Crippen LogP contribution in [0.15, 0.2) is 12.1 Å². The molecule has 1 aromatic carbocycles. The molecule has 2 aliphatic rings. The molecule has 1 aliphatic heterocycles. The molecule has 0 saturated heterocycles. The summed E-state index contributed by atoms with van der Waals surface area (Å²) in [5, 5.41) is 3.86. The van der Waals surface area contributed by atoms with Crippen molar-refractivity contribution in [3.63, 3.8) is 0 Å². The molecule has 1 heterocycles. The molecule has 0 atom stereocenters. The summed E-state index contributed by atoms with van der Waals surface area (Å²) >= 11 is 2.63. The number of halogens is 1. The van der Waals surface area contributed by atoms with E-state index in [9.17, 15) is 0 Å². The van der Waals surface area contributed by atoms with Gasteiger partial charge in [-0.1, -0.05) is 83.5 Å². The monoisotopic (exact) mass is 495 g/mol. The van der Waals surface area contributed by atoms with Crippen LogP contribution < -0.4 is 5.32 Å². The first kappa shape index (κ1) is 22.4. The van der Waals surface area contributed by atoms with Crippen LogP contribution in [0.5, 0.6) is 0 Å². The molecule has 0 aromatic heterocycles. The van der Waals surface area contributed by atoms with Gasteiger partial charge in [-0.05, 0) is 83.9 Å². The van der Waals surface area contributed by atoms with Gasteiger partial charge in [-0.15, -0.1) is 0 Å². The first-order chi connectivity index (χ1) is 13.8. The van der Waals surface area contributed by atoms with Gasteiger partial charge in [-0.2, -0.15) is 0 Å². The van der Waals surface area contributed by atoms with Crippen molar-refractivity contribution in [1.82, 2.24) is 0 Å². The van der Waals surface area contributed by atoms with Gasteiger partial charge < -0.3 is 5.32 Å². The quantitative estimate of drug-likeness (QED) is 0.383. The first-order valence-electron chi connectivity index (χ1n) is 12.4. The zero-order chi connectivity index (χ0) is 19.4. The molecule has 0 bridgehead atoms. The molecule has 3 rings (SSSR count). The van der Waals surface area contributed by atoms with E-state index in [0.717, 1.165) is 12.5 Å². The fraction of sp³-hybridized carbons (Fsp3) is 0.769. The van der Waals surface area contributed by atoms with E-state index >= 15 is 0 Å². The average Bonchev–Trinajstić information content (AvgIpc) is 2.74. The van der Waals surface area contributed by atoms with Crippen molar-refractivity contribution in [2.45, 2.75) is 121 Å². The van der Waals surface area contributed by atoms with Gasteiger partial charge in [0.1, 0.15) is 0 Å². The lowest BCUT2D eigenvalue weighted by molar-refractivity contribution is 0.514. The molecule has 0 unspecified atom stereocenters. The van der Waals surface area contributed by atoms with Crippen LogP contribution in [0, 0.1) is 3.57 Å². The molecule has 158 valence electrons. The number of nitrogens with one attached hydrogen (secondary N) is 1. The van der Waals surface area contributed by atoms with E-state index < -0.39 is 0 Å². The Labute approximate surface area is 188 Å². The maximum atomic E-state index is 3.86. The summed E-state index contributed by atoms with van der Waals surface area (Å²) in [6.45, 7) is 1.15. The molecule has 1 aliphatic carbocycles. The van der Waals surface area contributed by atoms with Gasteiger partial charge in [0.2, 0.25) is 0 Å². The fourth-order valence-electron chi connectivity index (χ4n) is 5.16. The van der Waals surface area contributed by atoms with E-state index in [1.165, 1.54) is 125 Å². The normalized spacial score (nSPS) is 22.0. The van der Waals surface area contributed by atoms with Crippen molar-refractivity contribution in [3.05, 3.63) is 26.8 Å². The molecule has 0 radical (unpaired) electrons. The number of rotatable bonds is 1. The highest BCUT2D eigenvalue weighted by atomic mass is 127. The van der Waals surface area contributed by atoms with E-state index in [0.29, 0.717) is 0 Å². The van der Waals surface area contributed by atoms with Gasteiger partial charge in [-0.3, -0.25) is 0 Å². The highest BCUT2D eigenvalue weighted by molar-refractivity contribution is 14.1. The zero-order valence-corrected chi connectivity index (χ0v) is 20.2. The number of fused-ring (bicyclic) bond motifs is 1. The number of hydrogen-bond donors (Lipinski definition) is 1. The summed E-state index contributed by atoms with van der Waals surface area (Å²) in [5.74, 6) is 0.778. The maximum absolute atomic E-state index is 3.86. The Morgan fingerprint density at radius 2 is 1.18 bits per heavy atom. The second kappa shape index (κ2) is 13.1. The average molecular weight is 496 g/mol. The molecule has 28 heavy (non-hydrogen) atoms. The Bertz CT molecular complexity index is 556. The standard InChI is InChI=1S/C26H42IN/c27-25-20-23(22-16-12-8-4-1-2-5-9-13-17-22)21-26-24(25)18-14-10-6-3-7-11-15-19-28-26/h20-22,28H,1-19H2. The van der Waals surface area contributed by atoms with E-state index in [2.05, 4.69) is 40.0 Å². The molecule has 1 fully saturated rings. The third-order valence-corrected chi connectivity index (χ3v) is 7.93. The second-order valence-electron chi connectivity index (χ2n) is 9.28. The van der Waals surface area contributed by atoms with E-state index in [1.807, 2.05) is 0 Å². The van der Waals surface area contributed by atoms with Crippen LogP contribution >= 0.6 is 22.6 Å². The first-order valence-corrected chi connectivity index (χ1v) is 13.5. The van der Waals surface area contributed by atoms with Crippen molar-refractivity contribution in [1.29, 1.82) is 0 Å². The summed E-state index contributed by atoms with van der Waals surface area (Å²) < 4.78 is 1.52. The lowest BCUT2D eigenvalue weighted by atomic mass is 9.87. The largest absolute Gasteiger partial charge is 0.385 e. The fourth-order valence-corrected chi connectivity index (χ4v) is 6.08. The Balaban J connectivity index is 1.75. The topological polar surface area (TPSA) is 12.0 Å². The molecular formula is C26H42IN. The summed E-state index contributed by atoms with van der Waals surface area (Å²) in [6.07, 6.45) is 25.4. The molecule has 1 aromatic rings. The predicted octanol–water partition coefficient (Wildman–Crippen LogP) is 8.99. The molecule has 1 nitrogen and oxygen atoms in total. The summed E-state index contributed by atoms with van der Waals surface area (Å²) in [4.78, 5) is 0. The van der Waals surface area contributed by atoms with Crippen LogP contribution in [0.2, 0.25) is 0 Å². The van der Waals surface area contributed by atoms with Gasteiger partial charge in [0.25, 0.3) is 0 Å². The lowest BCUT2D eigenvalue weighted by Crippen LogP contribution is -2.09. The van der Waals surface area contributed by atoms with Crippen molar-refractivity contribution in [2.75, 3.05) is 11.9 Å². The Morgan fingerprint density at radius 1 is 0.643 bits per heavy atom. The molecular weight excluding hydrogens is 453 g/mol. The second-order valence-corrected chi connectivity index (χ2v) is 10.4. The highest BCUT2D eigenvalue weighted by Crippen LogP contribution is 2.35. The van der Waals surface area contributed by atoms with Gasteiger partial charge in [0.05, 0.1) is 0 Å². The predicted molar refractivity (Wildman–Crippen MR) is 133 cm³/mol. The third-order valence-electron chi connectivity index (χ3n) is 6.96. The number of benzene rings is 1. The van der Waals surface area contributed by atoms with Crippen LogP contribution in [-0.2, 0) is 6.42 Å². The van der Waals surface area contributed by atoms with Crippen LogP contribution in [0.1, 0.15) is 126 Å². The lowest BCUT2D eigenvalue weighted by Gasteiger charge is -2.22. The molecule has 2 heteroatoms. The third kappa shape index (κ3) is 7.54. The van der Waals surface area contributed by atoms with Gasteiger partial charge in [0, 0.05) is 15.8 Å². The number of anilines is 1. The summed E-state index contributed by atoms with van der Waals surface area (Å²) in [7, 11) is 0. The van der Waals surface area contributed by atoms with E-state index in [4.69, 9.17) is 0 Å².